The molecule has 0 fully saturated rings. The number of carbonyl (C=O) groups is 2. The van der Waals surface area contributed by atoms with Gasteiger partial charge in [-0.05, 0) is 18.1 Å². The number of rotatable bonds is 6. The van der Waals surface area contributed by atoms with E-state index >= 15 is 0 Å². The van der Waals surface area contributed by atoms with Crippen LogP contribution in [-0.2, 0) is 35.5 Å². The second kappa shape index (κ2) is 7.46. The molecular formula is C20H24N6O2. The van der Waals surface area contributed by atoms with Crippen molar-refractivity contribution < 1.29 is 9.59 Å². The lowest BCUT2D eigenvalue weighted by atomic mass is 10.0. The third kappa shape index (κ3) is 3.49. The molecule has 0 spiro atoms. The van der Waals surface area contributed by atoms with Crippen molar-refractivity contribution in [2.45, 2.75) is 45.3 Å². The molecule has 0 aliphatic carbocycles. The van der Waals surface area contributed by atoms with Gasteiger partial charge in [-0.25, -0.2) is 0 Å². The molecule has 0 saturated carbocycles. The number of hydrogen-bond donors (Lipinski definition) is 2. The Labute approximate surface area is 162 Å². The van der Waals surface area contributed by atoms with Crippen molar-refractivity contribution in [1.82, 2.24) is 30.0 Å². The van der Waals surface area contributed by atoms with E-state index in [9.17, 15) is 9.59 Å². The number of fused-ring (bicyclic) bond motifs is 2. The molecule has 0 radical (unpaired) electrons. The van der Waals surface area contributed by atoms with E-state index in [0.29, 0.717) is 13.0 Å². The average Bonchev–Trinajstić information content (AvgIpc) is 3.38. The second-order valence-corrected chi connectivity index (χ2v) is 7.30. The number of aromatic amines is 1. The smallest absolute Gasteiger partial charge is 0.245 e. The predicted molar refractivity (Wildman–Crippen MR) is 104 cm³/mol. The number of likely N-dealkylation sites (N-methyl/N-ethyl adjacent to an activating group) is 1. The molecular weight excluding hydrogens is 356 g/mol. The van der Waals surface area contributed by atoms with Gasteiger partial charge in [0.05, 0.1) is 6.54 Å². The van der Waals surface area contributed by atoms with Gasteiger partial charge in [-0.1, -0.05) is 18.2 Å². The Balaban J connectivity index is 1.52. The van der Waals surface area contributed by atoms with Gasteiger partial charge in [0.15, 0.2) is 5.82 Å². The molecule has 1 aliphatic rings. The van der Waals surface area contributed by atoms with E-state index in [1.54, 1.807) is 11.9 Å². The van der Waals surface area contributed by atoms with Crippen molar-refractivity contribution in [1.29, 1.82) is 0 Å². The van der Waals surface area contributed by atoms with Crippen LogP contribution >= 0.6 is 0 Å². The highest BCUT2D eigenvalue weighted by Gasteiger charge is 2.26. The molecule has 8 heteroatoms. The van der Waals surface area contributed by atoms with Crippen LogP contribution in [0.4, 0.5) is 0 Å². The number of aromatic nitrogens is 4. The van der Waals surface area contributed by atoms with Crippen molar-refractivity contribution in [2.24, 2.45) is 0 Å². The number of carbonyl (C=O) groups excluding carboxylic acids is 2. The largest absolute Gasteiger partial charge is 0.361 e. The molecule has 3 heterocycles. The molecule has 1 unspecified atom stereocenters. The average molecular weight is 380 g/mol. The summed E-state index contributed by atoms with van der Waals surface area (Å²) in [5.74, 6) is 1.40. The summed E-state index contributed by atoms with van der Waals surface area (Å²) >= 11 is 0. The second-order valence-electron chi connectivity index (χ2n) is 7.30. The Bertz CT molecular complexity index is 1020. The van der Waals surface area contributed by atoms with Crippen LogP contribution in [0.3, 0.4) is 0 Å². The van der Waals surface area contributed by atoms with Crippen LogP contribution in [0.15, 0.2) is 30.5 Å². The van der Waals surface area contributed by atoms with Gasteiger partial charge in [-0.3, -0.25) is 9.59 Å². The summed E-state index contributed by atoms with van der Waals surface area (Å²) in [6.07, 6.45) is 4.31. The number of nitrogens with zero attached hydrogens (tertiary/aromatic N) is 4. The minimum absolute atomic E-state index is 0.143. The Morgan fingerprint density at radius 3 is 2.96 bits per heavy atom. The summed E-state index contributed by atoms with van der Waals surface area (Å²) < 4.78 is 2.08. The molecule has 4 rings (SSSR count). The lowest BCUT2D eigenvalue weighted by molar-refractivity contribution is -0.135. The normalized spacial score (nSPS) is 14.1. The first kappa shape index (κ1) is 18.2. The van der Waals surface area contributed by atoms with Crippen LogP contribution in [0.25, 0.3) is 10.9 Å². The summed E-state index contributed by atoms with van der Waals surface area (Å²) in [6.45, 7) is 2.70. The molecule has 8 nitrogen and oxygen atoms in total. The summed E-state index contributed by atoms with van der Waals surface area (Å²) in [7, 11) is 1.74. The summed E-state index contributed by atoms with van der Waals surface area (Å²) in [4.78, 5) is 29.7. The monoisotopic (exact) mass is 380 g/mol. The topological polar surface area (TPSA) is 95.9 Å². The van der Waals surface area contributed by atoms with Gasteiger partial charge in [-0.15, -0.1) is 10.2 Å². The molecule has 28 heavy (non-hydrogen) atoms. The molecule has 1 atom stereocenters. The Hall–Kier alpha value is -3.16. The Morgan fingerprint density at radius 2 is 2.14 bits per heavy atom. The van der Waals surface area contributed by atoms with Crippen LogP contribution in [0.1, 0.15) is 30.6 Å². The molecule has 1 aliphatic heterocycles. The van der Waals surface area contributed by atoms with Crippen molar-refractivity contribution in [2.75, 3.05) is 7.05 Å². The quantitative estimate of drug-likeness (QED) is 0.676. The third-order valence-electron chi connectivity index (χ3n) is 5.22. The highest BCUT2D eigenvalue weighted by molar-refractivity contribution is 5.89. The first-order chi connectivity index (χ1) is 13.5. The van der Waals surface area contributed by atoms with Gasteiger partial charge in [0, 0.05) is 50.5 Å². The highest BCUT2D eigenvalue weighted by Crippen LogP contribution is 2.20. The van der Waals surface area contributed by atoms with Crippen LogP contribution in [0.2, 0.25) is 0 Å². The standard InChI is InChI=1S/C20H24N6O2/c1-13(27)22-17(10-14-11-21-16-7-4-3-6-15(14)16)20(28)25(2)12-19-24-23-18-8-5-9-26(18)19/h3-4,6-7,11,17,21H,5,8-10,12H2,1-2H3,(H,22,27). The van der Waals surface area contributed by atoms with Gasteiger partial charge in [0.25, 0.3) is 0 Å². The maximum atomic E-state index is 13.1. The van der Waals surface area contributed by atoms with Gasteiger partial charge in [0.2, 0.25) is 11.8 Å². The van der Waals surface area contributed by atoms with Gasteiger partial charge < -0.3 is 19.8 Å². The zero-order valence-electron chi connectivity index (χ0n) is 16.1. The van der Waals surface area contributed by atoms with E-state index in [2.05, 4.69) is 25.1 Å². The maximum Gasteiger partial charge on any atom is 0.245 e. The van der Waals surface area contributed by atoms with E-state index < -0.39 is 6.04 Å². The Kier molecular flexibility index (Phi) is 4.85. The number of H-pyrrole nitrogens is 1. The number of nitrogens with one attached hydrogen (secondary N) is 2. The SMILES string of the molecule is CC(=O)NC(Cc1c[nH]c2ccccc12)C(=O)N(C)Cc1nnc2n1CCC2. The predicted octanol–water partition coefficient (Wildman–Crippen LogP) is 1.41. The van der Waals surface area contributed by atoms with E-state index in [1.807, 2.05) is 30.5 Å². The molecule has 1 aromatic carbocycles. The fourth-order valence-electron chi connectivity index (χ4n) is 3.85. The van der Waals surface area contributed by atoms with E-state index in [-0.39, 0.29) is 11.8 Å². The van der Waals surface area contributed by atoms with E-state index in [1.165, 1.54) is 6.92 Å². The maximum absolute atomic E-state index is 13.1. The van der Waals surface area contributed by atoms with Crippen LogP contribution in [-0.4, -0.2) is 49.6 Å². The number of benzene rings is 1. The van der Waals surface area contributed by atoms with E-state index in [4.69, 9.17) is 0 Å². The summed E-state index contributed by atoms with van der Waals surface area (Å²) in [5.41, 5.74) is 2.01. The summed E-state index contributed by atoms with van der Waals surface area (Å²) in [6, 6.07) is 7.30. The minimum Gasteiger partial charge on any atom is -0.361 e. The Morgan fingerprint density at radius 1 is 1.32 bits per heavy atom. The molecule has 0 saturated heterocycles. The van der Waals surface area contributed by atoms with Crippen LogP contribution in [0, 0.1) is 0 Å². The van der Waals surface area contributed by atoms with Gasteiger partial charge in [-0.2, -0.15) is 0 Å². The molecule has 3 aromatic rings. The highest BCUT2D eigenvalue weighted by atomic mass is 16.2. The molecule has 146 valence electrons. The fraction of sp³-hybridized carbons (Fsp3) is 0.400. The zero-order chi connectivity index (χ0) is 19.7. The third-order valence-corrected chi connectivity index (χ3v) is 5.22. The first-order valence-electron chi connectivity index (χ1n) is 9.51. The molecule has 2 N–H and O–H groups in total. The van der Waals surface area contributed by atoms with Crippen molar-refractivity contribution in [3.63, 3.8) is 0 Å². The molecule has 0 bridgehead atoms. The van der Waals surface area contributed by atoms with Gasteiger partial charge >= 0.3 is 0 Å². The zero-order valence-corrected chi connectivity index (χ0v) is 16.1. The number of para-hydroxylation sites is 1. The number of hydrogen-bond acceptors (Lipinski definition) is 4. The van der Waals surface area contributed by atoms with Crippen molar-refractivity contribution >= 4 is 22.7 Å². The summed E-state index contributed by atoms with van der Waals surface area (Å²) in [5, 5.41) is 12.3. The van der Waals surface area contributed by atoms with Crippen LogP contribution in [0.5, 0.6) is 0 Å². The lowest BCUT2D eigenvalue weighted by Gasteiger charge is -2.24. The molecule has 2 aromatic heterocycles. The van der Waals surface area contributed by atoms with Crippen molar-refractivity contribution in [3.8, 4) is 0 Å². The number of amides is 2. The number of aryl methyl sites for hydroxylation is 1. The minimum atomic E-state index is -0.636. The first-order valence-corrected chi connectivity index (χ1v) is 9.51. The van der Waals surface area contributed by atoms with E-state index in [0.717, 1.165) is 47.5 Å². The van der Waals surface area contributed by atoms with Crippen molar-refractivity contribution in [3.05, 3.63) is 47.7 Å². The lowest BCUT2D eigenvalue weighted by Crippen LogP contribution is -2.47. The van der Waals surface area contributed by atoms with Crippen LogP contribution < -0.4 is 5.32 Å². The van der Waals surface area contributed by atoms with Gasteiger partial charge in [0.1, 0.15) is 11.9 Å². The molecule has 2 amide bonds. The fourth-order valence-corrected chi connectivity index (χ4v) is 3.85.